The minimum absolute atomic E-state index is 0.0597. The van der Waals surface area contributed by atoms with Crippen LogP contribution < -0.4 is 5.32 Å². The van der Waals surface area contributed by atoms with Gasteiger partial charge in [0.2, 0.25) is 5.91 Å². The zero-order chi connectivity index (χ0) is 17.3. The van der Waals surface area contributed by atoms with Gasteiger partial charge in [-0.15, -0.1) is 0 Å². The second-order valence-corrected chi connectivity index (χ2v) is 6.62. The molecule has 1 aromatic carbocycles. The Bertz CT molecular complexity index is 485. The summed E-state index contributed by atoms with van der Waals surface area (Å²) >= 11 is 0. The third kappa shape index (κ3) is 5.30. The standard InChI is InChI=1S/C19H30N2O3/c1-24-15-5-11-20-18(23)19(10-14-22)8-12-21(13-9-19)16-17-6-3-2-4-7-17/h2-4,6-7,22H,5,8-16H2,1H3,(H,20,23). The van der Waals surface area contributed by atoms with Gasteiger partial charge < -0.3 is 15.2 Å². The summed E-state index contributed by atoms with van der Waals surface area (Å²) in [7, 11) is 1.66. The molecule has 1 aromatic rings. The fraction of sp³-hybridized carbons (Fsp3) is 0.632. The van der Waals surface area contributed by atoms with Crippen molar-refractivity contribution < 1.29 is 14.6 Å². The number of amides is 1. The molecule has 1 aliphatic heterocycles. The van der Waals surface area contributed by atoms with Crippen molar-refractivity contribution in [1.29, 1.82) is 0 Å². The van der Waals surface area contributed by atoms with Crippen molar-refractivity contribution in [3.05, 3.63) is 35.9 Å². The van der Waals surface area contributed by atoms with Crippen LogP contribution in [0, 0.1) is 5.41 Å². The molecule has 0 radical (unpaired) electrons. The molecule has 1 saturated heterocycles. The number of ether oxygens (including phenoxy) is 1. The van der Waals surface area contributed by atoms with Crippen LogP contribution >= 0.6 is 0 Å². The zero-order valence-electron chi connectivity index (χ0n) is 14.7. The number of likely N-dealkylation sites (tertiary alicyclic amines) is 1. The number of carbonyl (C=O) groups excluding carboxylic acids is 1. The molecular weight excluding hydrogens is 304 g/mol. The highest BCUT2D eigenvalue weighted by Gasteiger charge is 2.40. The number of nitrogens with zero attached hydrogens (tertiary/aromatic N) is 1. The van der Waals surface area contributed by atoms with Crippen LogP contribution in [0.4, 0.5) is 0 Å². The quantitative estimate of drug-likeness (QED) is 0.676. The lowest BCUT2D eigenvalue weighted by molar-refractivity contribution is -0.135. The lowest BCUT2D eigenvalue weighted by Crippen LogP contribution is -2.49. The Kier molecular flexibility index (Phi) is 7.69. The molecule has 2 N–H and O–H groups in total. The molecule has 0 aliphatic carbocycles. The Hall–Kier alpha value is -1.43. The number of aliphatic hydroxyl groups excluding tert-OH is 1. The van der Waals surface area contributed by atoms with E-state index in [1.807, 2.05) is 6.07 Å². The first-order valence-electron chi connectivity index (χ1n) is 8.84. The highest BCUT2D eigenvalue weighted by atomic mass is 16.5. The number of nitrogens with one attached hydrogen (secondary N) is 1. The molecule has 0 aromatic heterocycles. The largest absolute Gasteiger partial charge is 0.396 e. The number of benzene rings is 1. The van der Waals surface area contributed by atoms with Crippen molar-refractivity contribution in [2.24, 2.45) is 5.41 Å². The predicted molar refractivity (Wildman–Crippen MR) is 94.6 cm³/mol. The van der Waals surface area contributed by atoms with Crippen LogP contribution in [0.5, 0.6) is 0 Å². The molecule has 0 unspecified atom stereocenters. The average molecular weight is 334 g/mol. The average Bonchev–Trinajstić information content (AvgIpc) is 2.61. The number of hydrogen-bond acceptors (Lipinski definition) is 4. The Labute approximate surface area is 145 Å². The van der Waals surface area contributed by atoms with Gasteiger partial charge in [-0.2, -0.15) is 0 Å². The number of carbonyl (C=O) groups is 1. The summed E-state index contributed by atoms with van der Waals surface area (Å²) in [4.78, 5) is 15.0. The van der Waals surface area contributed by atoms with Gasteiger partial charge in [0.15, 0.2) is 0 Å². The summed E-state index contributed by atoms with van der Waals surface area (Å²) in [5.41, 5.74) is 0.880. The summed E-state index contributed by atoms with van der Waals surface area (Å²) < 4.78 is 5.01. The van der Waals surface area contributed by atoms with Crippen LogP contribution in [0.3, 0.4) is 0 Å². The molecular formula is C19H30N2O3. The molecule has 2 rings (SSSR count). The number of hydrogen-bond donors (Lipinski definition) is 2. The van der Waals surface area contributed by atoms with Gasteiger partial charge in [-0.3, -0.25) is 9.69 Å². The topological polar surface area (TPSA) is 61.8 Å². The van der Waals surface area contributed by atoms with Gasteiger partial charge in [0.05, 0.1) is 5.41 Å². The van der Waals surface area contributed by atoms with Gasteiger partial charge in [0.1, 0.15) is 0 Å². The molecule has 1 fully saturated rings. The molecule has 0 saturated carbocycles. The minimum Gasteiger partial charge on any atom is -0.396 e. The van der Waals surface area contributed by atoms with E-state index >= 15 is 0 Å². The maximum Gasteiger partial charge on any atom is 0.226 e. The molecule has 5 nitrogen and oxygen atoms in total. The van der Waals surface area contributed by atoms with Crippen LogP contribution in [0.15, 0.2) is 30.3 Å². The third-order valence-electron chi connectivity index (χ3n) is 4.94. The predicted octanol–water partition coefficient (Wildman–Crippen LogP) is 1.80. The number of aliphatic hydroxyl groups is 1. The van der Waals surface area contributed by atoms with E-state index in [0.29, 0.717) is 19.6 Å². The van der Waals surface area contributed by atoms with Gasteiger partial charge in [-0.1, -0.05) is 30.3 Å². The maximum atomic E-state index is 12.7. The number of piperidine rings is 1. The fourth-order valence-corrected chi connectivity index (χ4v) is 3.39. The van der Waals surface area contributed by atoms with E-state index in [4.69, 9.17) is 4.74 Å². The Balaban J connectivity index is 1.86. The van der Waals surface area contributed by atoms with E-state index in [0.717, 1.165) is 38.9 Å². The molecule has 134 valence electrons. The van der Waals surface area contributed by atoms with Crippen molar-refractivity contribution in [2.75, 3.05) is 40.0 Å². The minimum atomic E-state index is -0.422. The first-order valence-corrected chi connectivity index (χ1v) is 8.84. The summed E-state index contributed by atoms with van der Waals surface area (Å²) in [5.74, 6) is 0.0898. The third-order valence-corrected chi connectivity index (χ3v) is 4.94. The van der Waals surface area contributed by atoms with Crippen molar-refractivity contribution >= 4 is 5.91 Å². The number of rotatable bonds is 9. The molecule has 5 heteroatoms. The lowest BCUT2D eigenvalue weighted by atomic mass is 9.75. The monoisotopic (exact) mass is 334 g/mol. The molecule has 0 spiro atoms. The molecule has 1 heterocycles. The van der Waals surface area contributed by atoms with Gasteiger partial charge in [-0.05, 0) is 44.3 Å². The summed E-state index contributed by atoms with van der Waals surface area (Å²) in [6.07, 6.45) is 2.97. The molecule has 0 atom stereocenters. The van der Waals surface area contributed by atoms with Crippen LogP contribution in [0.1, 0.15) is 31.2 Å². The Morgan fingerprint density at radius 1 is 1.29 bits per heavy atom. The summed E-state index contributed by atoms with van der Waals surface area (Å²) in [6, 6.07) is 10.4. The second kappa shape index (κ2) is 9.77. The van der Waals surface area contributed by atoms with E-state index in [9.17, 15) is 9.90 Å². The smallest absolute Gasteiger partial charge is 0.226 e. The van der Waals surface area contributed by atoms with Crippen LogP contribution in [-0.2, 0) is 16.1 Å². The highest BCUT2D eigenvalue weighted by molar-refractivity contribution is 5.82. The molecule has 1 aliphatic rings. The number of methoxy groups -OCH3 is 1. The van der Waals surface area contributed by atoms with Crippen LogP contribution in [0.25, 0.3) is 0 Å². The van der Waals surface area contributed by atoms with Crippen molar-refractivity contribution in [3.8, 4) is 0 Å². The van der Waals surface area contributed by atoms with E-state index in [-0.39, 0.29) is 12.5 Å². The van der Waals surface area contributed by atoms with Crippen LogP contribution in [-0.4, -0.2) is 55.9 Å². The fourth-order valence-electron chi connectivity index (χ4n) is 3.39. The summed E-state index contributed by atoms with van der Waals surface area (Å²) in [5, 5.41) is 12.5. The maximum absolute atomic E-state index is 12.7. The normalized spacial score (nSPS) is 17.6. The van der Waals surface area contributed by atoms with E-state index in [1.54, 1.807) is 7.11 Å². The van der Waals surface area contributed by atoms with E-state index in [2.05, 4.69) is 34.5 Å². The van der Waals surface area contributed by atoms with Crippen molar-refractivity contribution in [1.82, 2.24) is 10.2 Å². The highest BCUT2D eigenvalue weighted by Crippen LogP contribution is 2.35. The van der Waals surface area contributed by atoms with Crippen LogP contribution in [0.2, 0.25) is 0 Å². The van der Waals surface area contributed by atoms with E-state index in [1.165, 1.54) is 5.56 Å². The van der Waals surface area contributed by atoms with Gasteiger partial charge in [0, 0.05) is 33.4 Å². The SMILES string of the molecule is COCCCNC(=O)C1(CCO)CCN(Cc2ccccc2)CC1. The zero-order valence-corrected chi connectivity index (χ0v) is 14.7. The van der Waals surface area contributed by atoms with Crippen molar-refractivity contribution in [2.45, 2.75) is 32.2 Å². The molecule has 1 amide bonds. The van der Waals surface area contributed by atoms with Gasteiger partial charge >= 0.3 is 0 Å². The molecule has 24 heavy (non-hydrogen) atoms. The first kappa shape index (κ1) is 18.9. The lowest BCUT2D eigenvalue weighted by Gasteiger charge is -2.40. The summed E-state index contributed by atoms with van der Waals surface area (Å²) in [6.45, 7) is 4.04. The Morgan fingerprint density at radius 2 is 2.00 bits per heavy atom. The van der Waals surface area contributed by atoms with Crippen molar-refractivity contribution in [3.63, 3.8) is 0 Å². The molecule has 0 bridgehead atoms. The van der Waals surface area contributed by atoms with Gasteiger partial charge in [-0.25, -0.2) is 0 Å². The Morgan fingerprint density at radius 3 is 2.62 bits per heavy atom. The second-order valence-electron chi connectivity index (χ2n) is 6.62. The van der Waals surface area contributed by atoms with E-state index < -0.39 is 5.41 Å². The van der Waals surface area contributed by atoms with Gasteiger partial charge in [0.25, 0.3) is 0 Å². The first-order chi connectivity index (χ1) is 11.7.